The molecule has 0 amide bonds. The van der Waals surface area contributed by atoms with Crippen LogP contribution in [0.2, 0.25) is 0 Å². The zero-order chi connectivity index (χ0) is 15.0. The van der Waals surface area contributed by atoms with E-state index in [0.717, 1.165) is 31.7 Å². The number of hydrogen-bond donors (Lipinski definition) is 1. The van der Waals surface area contributed by atoms with Crippen LogP contribution >= 0.6 is 0 Å². The van der Waals surface area contributed by atoms with Crippen LogP contribution in [0, 0.1) is 0 Å². The van der Waals surface area contributed by atoms with Crippen molar-refractivity contribution in [3.8, 4) is 5.75 Å². The summed E-state index contributed by atoms with van der Waals surface area (Å²) in [6.45, 7) is 10.2. The predicted molar refractivity (Wildman–Crippen MR) is 84.4 cm³/mol. The zero-order valence-electron chi connectivity index (χ0n) is 13.5. The first-order valence-electron chi connectivity index (χ1n) is 7.69. The van der Waals surface area contributed by atoms with Crippen LogP contribution in [-0.2, 0) is 4.74 Å². The third-order valence-electron chi connectivity index (χ3n) is 4.01. The van der Waals surface area contributed by atoms with E-state index in [-0.39, 0.29) is 11.6 Å². The van der Waals surface area contributed by atoms with E-state index >= 15 is 0 Å². The van der Waals surface area contributed by atoms with Crippen molar-refractivity contribution in [1.29, 1.82) is 0 Å². The van der Waals surface area contributed by atoms with Crippen molar-refractivity contribution in [1.82, 2.24) is 5.32 Å². The van der Waals surface area contributed by atoms with Crippen molar-refractivity contribution in [2.24, 2.45) is 0 Å². The Bertz CT molecular complexity index is 388. The van der Waals surface area contributed by atoms with E-state index in [1.165, 1.54) is 5.56 Å². The highest BCUT2D eigenvalue weighted by molar-refractivity contribution is 5.37. The van der Waals surface area contributed by atoms with Crippen LogP contribution < -0.4 is 10.1 Å². The number of methoxy groups -OCH3 is 1. The van der Waals surface area contributed by atoms with Crippen LogP contribution in [0.15, 0.2) is 24.3 Å². The molecule has 1 N–H and O–H groups in total. The van der Waals surface area contributed by atoms with Gasteiger partial charge in [-0.3, -0.25) is 0 Å². The molecule has 1 aromatic carbocycles. The number of rotatable bonds is 9. The van der Waals surface area contributed by atoms with Crippen LogP contribution in [0.5, 0.6) is 5.75 Å². The van der Waals surface area contributed by atoms with Gasteiger partial charge in [-0.2, -0.15) is 0 Å². The van der Waals surface area contributed by atoms with E-state index in [9.17, 15) is 0 Å². The largest absolute Gasteiger partial charge is 0.496 e. The lowest BCUT2D eigenvalue weighted by atomic mass is 9.83. The Morgan fingerprint density at radius 2 is 1.75 bits per heavy atom. The number of hydrogen-bond acceptors (Lipinski definition) is 3. The lowest BCUT2D eigenvalue weighted by Crippen LogP contribution is -2.45. The second-order valence-corrected chi connectivity index (χ2v) is 4.94. The van der Waals surface area contributed by atoms with Crippen molar-refractivity contribution in [3.63, 3.8) is 0 Å². The molecule has 0 aliphatic heterocycles. The highest BCUT2D eigenvalue weighted by Gasteiger charge is 2.38. The lowest BCUT2D eigenvalue weighted by Gasteiger charge is -2.40. The molecule has 1 unspecified atom stereocenters. The molecule has 0 radical (unpaired) electrons. The van der Waals surface area contributed by atoms with Gasteiger partial charge in [0.1, 0.15) is 5.75 Å². The molecule has 1 aromatic rings. The van der Waals surface area contributed by atoms with Gasteiger partial charge in [-0.05, 0) is 32.4 Å². The number of ether oxygens (including phenoxy) is 2. The highest BCUT2D eigenvalue weighted by Crippen LogP contribution is 2.39. The van der Waals surface area contributed by atoms with Gasteiger partial charge in [-0.1, -0.05) is 39.0 Å². The number of para-hydroxylation sites is 1. The molecule has 114 valence electrons. The summed E-state index contributed by atoms with van der Waals surface area (Å²) < 4.78 is 11.7. The first-order chi connectivity index (χ1) is 9.68. The SMILES string of the molecule is CCNC(c1ccccc1OC)C(CC)(CC)OCC. The molecule has 0 spiro atoms. The summed E-state index contributed by atoms with van der Waals surface area (Å²) >= 11 is 0. The molecule has 20 heavy (non-hydrogen) atoms. The van der Waals surface area contributed by atoms with E-state index in [0.29, 0.717) is 0 Å². The normalized spacial score (nSPS) is 13.2. The van der Waals surface area contributed by atoms with Gasteiger partial charge >= 0.3 is 0 Å². The molecule has 3 heteroatoms. The Balaban J connectivity index is 3.26. The van der Waals surface area contributed by atoms with Crippen molar-refractivity contribution >= 4 is 0 Å². The summed E-state index contributed by atoms with van der Waals surface area (Å²) in [7, 11) is 1.72. The molecule has 0 bridgehead atoms. The summed E-state index contributed by atoms with van der Waals surface area (Å²) in [6.07, 6.45) is 1.93. The minimum atomic E-state index is -0.195. The molecule has 0 aromatic heterocycles. The second kappa shape index (κ2) is 8.28. The number of benzene rings is 1. The molecular formula is C17H29NO2. The third kappa shape index (κ3) is 3.53. The van der Waals surface area contributed by atoms with Gasteiger partial charge in [-0.25, -0.2) is 0 Å². The number of likely N-dealkylation sites (N-methyl/N-ethyl adjacent to an activating group) is 1. The fourth-order valence-electron chi connectivity index (χ4n) is 2.92. The van der Waals surface area contributed by atoms with E-state index < -0.39 is 0 Å². The Labute approximate surface area is 123 Å². The molecule has 0 fully saturated rings. The first kappa shape index (κ1) is 17.0. The molecule has 0 saturated heterocycles. The third-order valence-corrected chi connectivity index (χ3v) is 4.01. The van der Waals surface area contributed by atoms with E-state index in [1.807, 2.05) is 12.1 Å². The van der Waals surface area contributed by atoms with E-state index in [2.05, 4.69) is 45.1 Å². The molecule has 0 saturated carbocycles. The van der Waals surface area contributed by atoms with Crippen LogP contribution in [-0.4, -0.2) is 25.9 Å². The summed E-state index contributed by atoms with van der Waals surface area (Å²) in [5, 5.41) is 3.60. The topological polar surface area (TPSA) is 30.5 Å². The Morgan fingerprint density at radius 1 is 1.10 bits per heavy atom. The van der Waals surface area contributed by atoms with Crippen molar-refractivity contribution in [2.75, 3.05) is 20.3 Å². The second-order valence-electron chi connectivity index (χ2n) is 4.94. The molecule has 0 heterocycles. The monoisotopic (exact) mass is 279 g/mol. The van der Waals surface area contributed by atoms with Gasteiger partial charge < -0.3 is 14.8 Å². The standard InChI is InChI=1S/C17H29NO2/c1-6-17(7-2,20-9-4)16(18-8-3)14-12-10-11-13-15(14)19-5/h10-13,16,18H,6-9H2,1-5H3. The minimum absolute atomic E-state index is 0.138. The fourth-order valence-corrected chi connectivity index (χ4v) is 2.92. The maximum atomic E-state index is 6.18. The van der Waals surface area contributed by atoms with E-state index in [4.69, 9.17) is 9.47 Å². The fraction of sp³-hybridized carbons (Fsp3) is 0.647. The van der Waals surface area contributed by atoms with Gasteiger partial charge in [0.15, 0.2) is 0 Å². The summed E-state index contributed by atoms with van der Waals surface area (Å²) in [5.41, 5.74) is 0.980. The summed E-state index contributed by atoms with van der Waals surface area (Å²) in [5.74, 6) is 0.921. The van der Waals surface area contributed by atoms with Crippen LogP contribution in [0.1, 0.15) is 52.1 Å². The van der Waals surface area contributed by atoms with Gasteiger partial charge in [0.05, 0.1) is 18.8 Å². The quantitative estimate of drug-likeness (QED) is 0.742. The Hall–Kier alpha value is -1.06. The zero-order valence-corrected chi connectivity index (χ0v) is 13.5. The molecule has 1 atom stereocenters. The van der Waals surface area contributed by atoms with Crippen LogP contribution in [0.3, 0.4) is 0 Å². The van der Waals surface area contributed by atoms with Gasteiger partial charge in [-0.15, -0.1) is 0 Å². The maximum absolute atomic E-state index is 6.18. The average molecular weight is 279 g/mol. The lowest BCUT2D eigenvalue weighted by molar-refractivity contribution is -0.0734. The summed E-state index contributed by atoms with van der Waals surface area (Å²) in [4.78, 5) is 0. The Morgan fingerprint density at radius 3 is 2.25 bits per heavy atom. The number of nitrogens with one attached hydrogen (secondary N) is 1. The van der Waals surface area contributed by atoms with Crippen molar-refractivity contribution in [3.05, 3.63) is 29.8 Å². The molecule has 0 aliphatic rings. The molecule has 1 rings (SSSR count). The summed E-state index contributed by atoms with van der Waals surface area (Å²) in [6, 6.07) is 8.35. The van der Waals surface area contributed by atoms with Crippen LogP contribution in [0.25, 0.3) is 0 Å². The van der Waals surface area contributed by atoms with Crippen molar-refractivity contribution < 1.29 is 9.47 Å². The highest BCUT2D eigenvalue weighted by atomic mass is 16.5. The average Bonchev–Trinajstić information content (AvgIpc) is 2.51. The maximum Gasteiger partial charge on any atom is 0.123 e. The molecular weight excluding hydrogens is 250 g/mol. The molecule has 0 aliphatic carbocycles. The van der Waals surface area contributed by atoms with Gasteiger partial charge in [0.2, 0.25) is 0 Å². The first-order valence-corrected chi connectivity index (χ1v) is 7.69. The predicted octanol–water partition coefficient (Wildman–Crippen LogP) is 3.94. The smallest absolute Gasteiger partial charge is 0.123 e. The Kier molecular flexibility index (Phi) is 7.03. The van der Waals surface area contributed by atoms with Gasteiger partial charge in [0, 0.05) is 12.2 Å². The molecule has 3 nitrogen and oxygen atoms in total. The van der Waals surface area contributed by atoms with Crippen LogP contribution in [0.4, 0.5) is 0 Å². The van der Waals surface area contributed by atoms with Gasteiger partial charge in [0.25, 0.3) is 0 Å². The minimum Gasteiger partial charge on any atom is -0.496 e. The van der Waals surface area contributed by atoms with E-state index in [1.54, 1.807) is 7.11 Å². The van der Waals surface area contributed by atoms with Crippen molar-refractivity contribution in [2.45, 2.75) is 52.2 Å².